The Bertz CT molecular complexity index is 434. The van der Waals surface area contributed by atoms with Gasteiger partial charge in [0.1, 0.15) is 5.84 Å². The first kappa shape index (κ1) is 15.1. The molecule has 0 bridgehead atoms. The Hall–Kier alpha value is -1.98. The minimum absolute atomic E-state index is 0.0420. The summed E-state index contributed by atoms with van der Waals surface area (Å²) in [5.41, 5.74) is 5.53. The molecule has 0 radical (unpaired) electrons. The van der Waals surface area contributed by atoms with E-state index in [9.17, 15) is 0 Å². The number of nitrogens with two attached hydrogens (primary N) is 1. The van der Waals surface area contributed by atoms with Crippen LogP contribution in [0.25, 0.3) is 0 Å². The van der Waals surface area contributed by atoms with E-state index < -0.39 is 0 Å². The largest absolute Gasteiger partial charge is 0.487 e. The lowest BCUT2D eigenvalue weighted by Gasteiger charge is -2.27. The third kappa shape index (κ3) is 4.31. The van der Waals surface area contributed by atoms with E-state index in [4.69, 9.17) is 15.7 Å². The van der Waals surface area contributed by atoms with E-state index in [0.29, 0.717) is 6.42 Å². The summed E-state index contributed by atoms with van der Waals surface area (Å²) in [6.45, 7) is 5.92. The van der Waals surface area contributed by atoms with E-state index in [-0.39, 0.29) is 18.0 Å². The van der Waals surface area contributed by atoms with Crippen molar-refractivity contribution < 1.29 is 9.94 Å². The van der Waals surface area contributed by atoms with Crippen molar-refractivity contribution in [3.05, 3.63) is 18.3 Å². The van der Waals surface area contributed by atoms with Gasteiger partial charge in [0.05, 0.1) is 6.10 Å². The van der Waals surface area contributed by atoms with Crippen LogP contribution in [0.15, 0.2) is 23.5 Å². The van der Waals surface area contributed by atoms with Crippen molar-refractivity contribution in [2.75, 3.05) is 11.9 Å². The molecule has 106 valence electrons. The predicted octanol–water partition coefficient (Wildman–Crippen LogP) is 1.83. The van der Waals surface area contributed by atoms with Crippen LogP contribution in [0, 0.1) is 0 Å². The van der Waals surface area contributed by atoms with E-state index in [0.717, 1.165) is 11.6 Å². The first-order valence-corrected chi connectivity index (χ1v) is 6.26. The van der Waals surface area contributed by atoms with Gasteiger partial charge >= 0.3 is 0 Å². The van der Waals surface area contributed by atoms with Crippen LogP contribution >= 0.6 is 0 Å². The molecule has 0 spiro atoms. The van der Waals surface area contributed by atoms with Crippen molar-refractivity contribution >= 4 is 11.7 Å². The number of nitrogens with zero attached hydrogens (tertiary/aromatic N) is 3. The number of pyridine rings is 1. The Morgan fingerprint density at radius 3 is 2.79 bits per heavy atom. The Morgan fingerprint density at radius 1 is 1.53 bits per heavy atom. The van der Waals surface area contributed by atoms with Crippen LogP contribution in [0.2, 0.25) is 0 Å². The zero-order valence-electron chi connectivity index (χ0n) is 11.9. The van der Waals surface area contributed by atoms with Crippen molar-refractivity contribution in [3.63, 3.8) is 0 Å². The molecule has 0 saturated heterocycles. The number of hydrogen-bond donors (Lipinski definition) is 2. The lowest BCUT2D eigenvalue weighted by molar-refractivity contribution is 0.242. The number of amidine groups is 1. The van der Waals surface area contributed by atoms with Crippen LogP contribution in [-0.2, 0) is 0 Å². The van der Waals surface area contributed by atoms with Gasteiger partial charge in [0.25, 0.3) is 0 Å². The highest BCUT2D eigenvalue weighted by Gasteiger charge is 2.17. The SMILES string of the molecule is CC(C)Oc1cccnc1N(C)C(C)C/C(N)=N/O. The maximum atomic E-state index is 8.61. The Labute approximate surface area is 113 Å². The van der Waals surface area contributed by atoms with E-state index >= 15 is 0 Å². The lowest BCUT2D eigenvalue weighted by Crippen LogP contribution is -2.34. The molecule has 1 aromatic heterocycles. The van der Waals surface area contributed by atoms with Crippen molar-refractivity contribution in [2.24, 2.45) is 10.9 Å². The molecule has 1 atom stereocenters. The summed E-state index contributed by atoms with van der Waals surface area (Å²) in [7, 11) is 1.91. The molecule has 6 nitrogen and oxygen atoms in total. The topological polar surface area (TPSA) is 84.0 Å². The number of aromatic nitrogens is 1. The van der Waals surface area contributed by atoms with Gasteiger partial charge in [-0.2, -0.15) is 0 Å². The number of rotatable bonds is 6. The quantitative estimate of drug-likeness (QED) is 0.355. The van der Waals surface area contributed by atoms with E-state index in [1.165, 1.54) is 0 Å². The molecule has 1 rings (SSSR count). The summed E-state index contributed by atoms with van der Waals surface area (Å²) in [6.07, 6.45) is 2.25. The molecular weight excluding hydrogens is 244 g/mol. The van der Waals surface area contributed by atoms with Gasteiger partial charge in [0.2, 0.25) is 0 Å². The highest BCUT2D eigenvalue weighted by molar-refractivity contribution is 5.80. The minimum atomic E-state index is 0.0420. The highest BCUT2D eigenvalue weighted by Crippen LogP contribution is 2.27. The molecular formula is C13H22N4O2. The van der Waals surface area contributed by atoms with Crippen molar-refractivity contribution in [3.8, 4) is 5.75 Å². The Morgan fingerprint density at radius 2 is 2.21 bits per heavy atom. The highest BCUT2D eigenvalue weighted by atomic mass is 16.5. The van der Waals surface area contributed by atoms with Gasteiger partial charge in [0.15, 0.2) is 11.6 Å². The molecule has 0 fully saturated rings. The molecule has 0 aromatic carbocycles. The lowest BCUT2D eigenvalue weighted by atomic mass is 10.2. The fourth-order valence-corrected chi connectivity index (χ4v) is 1.68. The molecule has 1 aromatic rings. The van der Waals surface area contributed by atoms with Crippen LogP contribution in [0.5, 0.6) is 5.75 Å². The first-order chi connectivity index (χ1) is 8.95. The third-order valence-electron chi connectivity index (χ3n) is 2.74. The van der Waals surface area contributed by atoms with Gasteiger partial charge in [-0.1, -0.05) is 5.16 Å². The molecule has 1 heterocycles. The third-order valence-corrected chi connectivity index (χ3v) is 2.74. The predicted molar refractivity (Wildman–Crippen MR) is 75.9 cm³/mol. The van der Waals surface area contributed by atoms with Crippen molar-refractivity contribution in [2.45, 2.75) is 39.3 Å². The average molecular weight is 266 g/mol. The molecule has 3 N–H and O–H groups in total. The summed E-state index contributed by atoms with van der Waals surface area (Å²) < 4.78 is 5.73. The fourth-order valence-electron chi connectivity index (χ4n) is 1.68. The van der Waals surface area contributed by atoms with Gasteiger partial charge in [-0.3, -0.25) is 0 Å². The summed E-state index contributed by atoms with van der Waals surface area (Å²) in [5.74, 6) is 1.67. The second-order valence-electron chi connectivity index (χ2n) is 4.75. The smallest absolute Gasteiger partial charge is 0.171 e. The normalized spacial score (nSPS) is 13.4. The molecule has 0 amide bonds. The van der Waals surface area contributed by atoms with Crippen LogP contribution in [0.3, 0.4) is 0 Å². The summed E-state index contributed by atoms with van der Waals surface area (Å²) >= 11 is 0. The molecule has 0 aliphatic carbocycles. The van der Waals surface area contributed by atoms with E-state index in [1.54, 1.807) is 6.20 Å². The zero-order valence-corrected chi connectivity index (χ0v) is 11.9. The number of hydrogen-bond acceptors (Lipinski definition) is 5. The van der Waals surface area contributed by atoms with Crippen molar-refractivity contribution in [1.29, 1.82) is 0 Å². The van der Waals surface area contributed by atoms with E-state index in [2.05, 4.69) is 10.1 Å². The molecule has 19 heavy (non-hydrogen) atoms. The van der Waals surface area contributed by atoms with Crippen LogP contribution in [-0.4, -0.2) is 35.2 Å². The first-order valence-electron chi connectivity index (χ1n) is 6.26. The Balaban J connectivity index is 2.89. The second kappa shape index (κ2) is 6.82. The Kier molecular flexibility index (Phi) is 5.41. The second-order valence-corrected chi connectivity index (χ2v) is 4.75. The number of oxime groups is 1. The molecule has 0 saturated carbocycles. The fraction of sp³-hybridized carbons (Fsp3) is 0.538. The van der Waals surface area contributed by atoms with Crippen molar-refractivity contribution in [1.82, 2.24) is 4.98 Å². The monoisotopic (exact) mass is 266 g/mol. The van der Waals surface area contributed by atoms with Gasteiger partial charge in [-0.25, -0.2) is 4.98 Å². The molecule has 0 aliphatic heterocycles. The average Bonchev–Trinajstić information content (AvgIpc) is 2.37. The standard InChI is InChI=1S/C13H22N4O2/c1-9(2)19-11-6-5-7-15-13(11)17(4)10(3)8-12(14)16-18/h5-7,9-10,18H,8H2,1-4H3,(H2,14,16). The van der Waals surface area contributed by atoms with Crippen LogP contribution in [0.4, 0.5) is 5.82 Å². The van der Waals surface area contributed by atoms with Gasteiger partial charge in [-0.15, -0.1) is 0 Å². The number of anilines is 1. The van der Waals surface area contributed by atoms with E-state index in [1.807, 2.05) is 44.9 Å². The molecule has 0 aliphatic rings. The summed E-state index contributed by atoms with van der Waals surface area (Å²) in [4.78, 5) is 6.30. The summed E-state index contributed by atoms with van der Waals surface area (Å²) in [5, 5.41) is 11.6. The van der Waals surface area contributed by atoms with Gasteiger partial charge in [0, 0.05) is 25.7 Å². The number of ether oxygens (including phenoxy) is 1. The molecule has 1 unspecified atom stereocenters. The van der Waals surface area contributed by atoms with Gasteiger partial charge < -0.3 is 20.6 Å². The summed E-state index contributed by atoms with van der Waals surface area (Å²) in [6, 6.07) is 3.76. The van der Waals surface area contributed by atoms with Crippen LogP contribution in [0.1, 0.15) is 27.2 Å². The minimum Gasteiger partial charge on any atom is -0.487 e. The van der Waals surface area contributed by atoms with Gasteiger partial charge in [-0.05, 0) is 32.9 Å². The molecule has 6 heteroatoms. The zero-order chi connectivity index (χ0) is 14.4. The van der Waals surface area contributed by atoms with Crippen LogP contribution < -0.4 is 15.4 Å². The maximum absolute atomic E-state index is 8.61. The maximum Gasteiger partial charge on any atom is 0.171 e.